The minimum absolute atomic E-state index is 0.0150. The highest BCUT2D eigenvalue weighted by atomic mass is 16.5. The van der Waals surface area contributed by atoms with E-state index < -0.39 is 5.97 Å². The zero-order valence-electron chi connectivity index (χ0n) is 13.9. The summed E-state index contributed by atoms with van der Waals surface area (Å²) in [5.74, 6) is -0.674. The monoisotopic (exact) mass is 339 g/mol. The van der Waals surface area contributed by atoms with Crippen LogP contribution in [0.2, 0.25) is 0 Å². The van der Waals surface area contributed by atoms with Crippen LogP contribution in [-0.2, 0) is 4.74 Å². The summed E-state index contributed by atoms with van der Waals surface area (Å²) in [5, 5.41) is 0. The molecule has 0 radical (unpaired) electrons. The van der Waals surface area contributed by atoms with E-state index >= 15 is 0 Å². The lowest BCUT2D eigenvalue weighted by atomic mass is 10.1. The molecule has 0 aromatic heterocycles. The Kier molecular flexibility index (Phi) is 4.52. The van der Waals surface area contributed by atoms with Crippen molar-refractivity contribution in [2.45, 2.75) is 6.92 Å². The van der Waals surface area contributed by atoms with E-state index in [9.17, 15) is 14.4 Å². The van der Waals surface area contributed by atoms with Crippen molar-refractivity contribution in [3.05, 3.63) is 64.7 Å². The summed E-state index contributed by atoms with van der Waals surface area (Å²) in [7, 11) is 1.53. The van der Waals surface area contributed by atoms with Crippen molar-refractivity contribution in [1.29, 1.82) is 0 Å². The summed E-state index contributed by atoms with van der Waals surface area (Å²) < 4.78 is 10.4. The van der Waals surface area contributed by atoms with Gasteiger partial charge in [0.15, 0.2) is 0 Å². The standard InChI is InChI=1S/C19H17NO5/c1-12-7-8-13(11-16(12)24-2)19(23)25-10-9-20-17(21)14-5-3-4-6-15(14)18(20)22/h3-8,11H,9-10H2,1-2H3. The van der Waals surface area contributed by atoms with Crippen LogP contribution in [0.25, 0.3) is 0 Å². The largest absolute Gasteiger partial charge is 0.496 e. The maximum absolute atomic E-state index is 12.2. The topological polar surface area (TPSA) is 72.9 Å². The third-order valence-electron chi connectivity index (χ3n) is 4.07. The first-order valence-electron chi connectivity index (χ1n) is 7.80. The van der Waals surface area contributed by atoms with Crippen LogP contribution >= 0.6 is 0 Å². The highest BCUT2D eigenvalue weighted by Gasteiger charge is 2.34. The number of nitrogens with zero attached hydrogens (tertiary/aromatic N) is 1. The lowest BCUT2D eigenvalue weighted by Crippen LogP contribution is -2.33. The molecule has 6 nitrogen and oxygen atoms in total. The molecule has 6 heteroatoms. The molecule has 0 saturated heterocycles. The van der Waals surface area contributed by atoms with Gasteiger partial charge >= 0.3 is 5.97 Å². The number of hydrogen-bond acceptors (Lipinski definition) is 5. The number of rotatable bonds is 5. The van der Waals surface area contributed by atoms with E-state index in [1.807, 2.05) is 6.92 Å². The van der Waals surface area contributed by atoms with Gasteiger partial charge in [0, 0.05) is 0 Å². The van der Waals surface area contributed by atoms with E-state index in [2.05, 4.69) is 0 Å². The Bertz CT molecular complexity index is 824. The maximum Gasteiger partial charge on any atom is 0.338 e. The van der Waals surface area contributed by atoms with Crippen molar-refractivity contribution in [2.75, 3.05) is 20.3 Å². The van der Waals surface area contributed by atoms with Gasteiger partial charge < -0.3 is 9.47 Å². The Hall–Kier alpha value is -3.15. The number of aryl methyl sites for hydroxylation is 1. The van der Waals surface area contributed by atoms with Crippen molar-refractivity contribution in [1.82, 2.24) is 4.90 Å². The minimum atomic E-state index is -0.532. The molecule has 2 amide bonds. The van der Waals surface area contributed by atoms with Crippen molar-refractivity contribution >= 4 is 17.8 Å². The number of ether oxygens (including phenoxy) is 2. The molecule has 0 atom stereocenters. The molecule has 0 unspecified atom stereocenters. The molecule has 0 fully saturated rings. The Morgan fingerprint density at radius 1 is 1.04 bits per heavy atom. The Balaban J connectivity index is 1.61. The molecular formula is C19H17NO5. The van der Waals surface area contributed by atoms with Gasteiger partial charge in [-0.2, -0.15) is 0 Å². The van der Waals surface area contributed by atoms with E-state index in [-0.39, 0.29) is 25.0 Å². The van der Waals surface area contributed by atoms with Crippen LogP contribution in [0.3, 0.4) is 0 Å². The molecule has 128 valence electrons. The van der Waals surface area contributed by atoms with Crippen LogP contribution in [0.1, 0.15) is 36.6 Å². The quantitative estimate of drug-likeness (QED) is 0.618. The van der Waals surface area contributed by atoms with Gasteiger partial charge in [-0.15, -0.1) is 0 Å². The highest BCUT2D eigenvalue weighted by molar-refractivity contribution is 6.21. The second-order valence-electron chi connectivity index (χ2n) is 5.63. The van der Waals surface area contributed by atoms with Crippen LogP contribution in [0.5, 0.6) is 5.75 Å². The first-order valence-corrected chi connectivity index (χ1v) is 7.80. The minimum Gasteiger partial charge on any atom is -0.496 e. The molecule has 25 heavy (non-hydrogen) atoms. The van der Waals surface area contributed by atoms with Gasteiger partial charge in [0.05, 0.1) is 30.3 Å². The first-order chi connectivity index (χ1) is 12.0. The fourth-order valence-electron chi connectivity index (χ4n) is 2.70. The molecular weight excluding hydrogens is 322 g/mol. The van der Waals surface area contributed by atoms with Crippen LogP contribution in [0.4, 0.5) is 0 Å². The van der Waals surface area contributed by atoms with Crippen molar-refractivity contribution < 1.29 is 23.9 Å². The second-order valence-corrected chi connectivity index (χ2v) is 5.63. The molecule has 2 aromatic carbocycles. The molecule has 0 spiro atoms. The number of methoxy groups -OCH3 is 1. The van der Waals surface area contributed by atoms with Gasteiger partial charge in [0.1, 0.15) is 12.4 Å². The van der Waals surface area contributed by atoms with Gasteiger partial charge in [-0.05, 0) is 36.8 Å². The van der Waals surface area contributed by atoms with Crippen molar-refractivity contribution in [2.24, 2.45) is 0 Å². The fraction of sp³-hybridized carbons (Fsp3) is 0.211. The molecule has 0 N–H and O–H groups in total. The maximum atomic E-state index is 12.2. The smallest absolute Gasteiger partial charge is 0.338 e. The van der Waals surface area contributed by atoms with Crippen LogP contribution in [0, 0.1) is 6.92 Å². The molecule has 1 heterocycles. The average Bonchev–Trinajstić information content (AvgIpc) is 2.87. The third-order valence-corrected chi connectivity index (χ3v) is 4.07. The van der Waals surface area contributed by atoms with Gasteiger partial charge in [-0.25, -0.2) is 4.79 Å². The van der Waals surface area contributed by atoms with Crippen LogP contribution in [0.15, 0.2) is 42.5 Å². The average molecular weight is 339 g/mol. The van der Waals surface area contributed by atoms with Gasteiger partial charge in [-0.1, -0.05) is 18.2 Å². The number of esters is 1. The normalized spacial score (nSPS) is 13.0. The van der Waals surface area contributed by atoms with Gasteiger partial charge in [-0.3, -0.25) is 14.5 Å². The van der Waals surface area contributed by atoms with E-state index in [4.69, 9.17) is 9.47 Å². The van der Waals surface area contributed by atoms with Gasteiger partial charge in [0.25, 0.3) is 11.8 Å². The lowest BCUT2D eigenvalue weighted by Gasteiger charge is -2.14. The number of carbonyl (C=O) groups excluding carboxylic acids is 3. The van der Waals surface area contributed by atoms with Gasteiger partial charge in [0.2, 0.25) is 0 Å². The second kappa shape index (κ2) is 6.76. The number of hydrogen-bond donors (Lipinski definition) is 0. The summed E-state index contributed by atoms with van der Waals surface area (Å²) in [6, 6.07) is 11.6. The number of imide groups is 1. The van der Waals surface area contributed by atoms with E-state index in [1.54, 1.807) is 42.5 Å². The molecule has 1 aliphatic heterocycles. The zero-order chi connectivity index (χ0) is 18.0. The summed E-state index contributed by atoms with van der Waals surface area (Å²) in [4.78, 5) is 37.6. The summed E-state index contributed by atoms with van der Waals surface area (Å²) in [6.45, 7) is 1.82. The predicted octanol–water partition coefficient (Wildman–Crippen LogP) is 2.46. The molecule has 3 rings (SSSR count). The lowest BCUT2D eigenvalue weighted by molar-refractivity contribution is 0.0420. The molecule has 1 aliphatic rings. The first kappa shape index (κ1) is 16.7. The Morgan fingerprint density at radius 3 is 2.28 bits per heavy atom. The number of carbonyl (C=O) groups is 3. The fourth-order valence-corrected chi connectivity index (χ4v) is 2.70. The summed E-state index contributed by atoms with van der Waals surface area (Å²) in [5.41, 5.74) is 2.01. The summed E-state index contributed by atoms with van der Waals surface area (Å²) >= 11 is 0. The molecule has 2 aromatic rings. The Labute approximate surface area is 145 Å². The van der Waals surface area contributed by atoms with Crippen LogP contribution < -0.4 is 4.74 Å². The van der Waals surface area contributed by atoms with E-state index in [0.29, 0.717) is 22.4 Å². The molecule has 0 saturated carbocycles. The third kappa shape index (κ3) is 3.10. The molecule has 0 bridgehead atoms. The number of benzene rings is 2. The molecule has 0 aliphatic carbocycles. The Morgan fingerprint density at radius 2 is 1.68 bits per heavy atom. The van der Waals surface area contributed by atoms with Crippen LogP contribution in [-0.4, -0.2) is 42.9 Å². The summed E-state index contributed by atoms with van der Waals surface area (Å²) in [6.07, 6.45) is 0. The number of fused-ring (bicyclic) bond motifs is 1. The zero-order valence-corrected chi connectivity index (χ0v) is 13.9. The van der Waals surface area contributed by atoms with E-state index in [1.165, 1.54) is 7.11 Å². The SMILES string of the molecule is COc1cc(C(=O)OCCN2C(=O)c3ccccc3C2=O)ccc1C. The van der Waals surface area contributed by atoms with Crippen molar-refractivity contribution in [3.63, 3.8) is 0 Å². The highest BCUT2D eigenvalue weighted by Crippen LogP contribution is 2.22. The van der Waals surface area contributed by atoms with E-state index in [0.717, 1.165) is 10.5 Å². The number of amides is 2. The van der Waals surface area contributed by atoms with Crippen molar-refractivity contribution in [3.8, 4) is 5.75 Å². The predicted molar refractivity (Wildman–Crippen MR) is 89.8 cm³/mol.